The molecule has 0 bridgehead atoms. The van der Waals surface area contributed by atoms with Crippen LogP contribution in [0.4, 0.5) is 5.69 Å². The molecule has 0 aliphatic rings. The topological polar surface area (TPSA) is 82.3 Å². The molecule has 1 aromatic carbocycles. The van der Waals surface area contributed by atoms with Crippen LogP contribution in [-0.4, -0.2) is 25.1 Å². The Kier molecular flexibility index (Phi) is 6.01. The lowest BCUT2D eigenvalue weighted by atomic mass is 9.91. The van der Waals surface area contributed by atoms with Crippen LogP contribution in [0.3, 0.4) is 0 Å². The molecule has 4 rings (SSSR count). The minimum absolute atomic E-state index is 0.170. The first-order chi connectivity index (χ1) is 15.7. The number of pyridine rings is 1. The number of nitrogens with zero attached hydrogens (tertiary/aromatic N) is 3. The minimum atomic E-state index is 0.170. The maximum absolute atomic E-state index is 4.71. The zero-order valence-electron chi connectivity index (χ0n) is 19.7. The highest BCUT2D eigenvalue weighted by molar-refractivity contribution is 5.94. The molecule has 0 fully saturated rings. The second kappa shape index (κ2) is 8.90. The second-order valence-electron chi connectivity index (χ2n) is 9.45. The number of H-pyrrole nitrogens is 2. The molecule has 33 heavy (non-hydrogen) atoms. The Morgan fingerprint density at radius 3 is 2.73 bits per heavy atom. The summed E-state index contributed by atoms with van der Waals surface area (Å²) < 4.78 is 0. The van der Waals surface area contributed by atoms with Gasteiger partial charge in [-0.15, -0.1) is 0 Å². The lowest BCUT2D eigenvalue weighted by molar-refractivity contribution is 0.411. The van der Waals surface area contributed by atoms with Crippen molar-refractivity contribution in [1.29, 1.82) is 0 Å². The Bertz CT molecular complexity index is 1350. The fraction of sp³-hybridized carbons (Fsp3) is 0.222. The lowest BCUT2D eigenvalue weighted by Gasteiger charge is -2.20. The first-order valence-electron chi connectivity index (χ1n) is 11.0. The van der Waals surface area contributed by atoms with Gasteiger partial charge in [0.15, 0.2) is 5.82 Å². The molecule has 6 heteroatoms. The molecule has 3 heterocycles. The average Bonchev–Trinajstić information content (AvgIpc) is 3.33. The summed E-state index contributed by atoms with van der Waals surface area (Å²) in [6.07, 6.45) is 10.1. The first kappa shape index (κ1) is 22.3. The Labute approximate surface area is 194 Å². The number of fused-ring (bicyclic) bond motifs is 1. The molecule has 6 nitrogen and oxygen atoms in total. The van der Waals surface area contributed by atoms with Gasteiger partial charge >= 0.3 is 0 Å². The van der Waals surface area contributed by atoms with E-state index in [1.54, 1.807) is 6.08 Å². The van der Waals surface area contributed by atoms with Gasteiger partial charge < -0.3 is 10.3 Å². The van der Waals surface area contributed by atoms with E-state index in [4.69, 9.17) is 4.98 Å². The van der Waals surface area contributed by atoms with E-state index in [2.05, 4.69) is 77.6 Å². The summed E-state index contributed by atoms with van der Waals surface area (Å²) in [4.78, 5) is 12.5. The maximum Gasteiger partial charge on any atom is 0.159 e. The fourth-order valence-corrected chi connectivity index (χ4v) is 3.84. The van der Waals surface area contributed by atoms with E-state index in [9.17, 15) is 0 Å². The quantitative estimate of drug-likeness (QED) is 0.275. The zero-order valence-corrected chi connectivity index (χ0v) is 19.7. The van der Waals surface area contributed by atoms with Crippen LogP contribution < -0.4 is 5.32 Å². The van der Waals surface area contributed by atoms with Gasteiger partial charge in [-0.3, -0.25) is 10.1 Å². The van der Waals surface area contributed by atoms with Crippen LogP contribution in [0.5, 0.6) is 0 Å². The average molecular weight is 439 g/mol. The first-order valence-corrected chi connectivity index (χ1v) is 11.0. The molecular formula is C27H30N6. The van der Waals surface area contributed by atoms with Gasteiger partial charge in [0.2, 0.25) is 0 Å². The molecule has 0 amide bonds. The van der Waals surface area contributed by atoms with E-state index >= 15 is 0 Å². The van der Waals surface area contributed by atoms with Crippen LogP contribution in [0, 0.1) is 12.3 Å². The summed E-state index contributed by atoms with van der Waals surface area (Å²) in [6.45, 7) is 16.5. The Balaban J connectivity index is 1.66. The van der Waals surface area contributed by atoms with Crippen molar-refractivity contribution in [2.24, 2.45) is 5.41 Å². The number of aryl methyl sites for hydroxylation is 1. The van der Waals surface area contributed by atoms with Crippen molar-refractivity contribution in [2.45, 2.75) is 34.1 Å². The van der Waals surface area contributed by atoms with E-state index in [-0.39, 0.29) is 5.41 Å². The van der Waals surface area contributed by atoms with Gasteiger partial charge in [0.25, 0.3) is 0 Å². The van der Waals surface area contributed by atoms with Gasteiger partial charge in [0.1, 0.15) is 5.69 Å². The van der Waals surface area contributed by atoms with Crippen molar-refractivity contribution in [2.75, 3.05) is 5.32 Å². The van der Waals surface area contributed by atoms with Crippen molar-refractivity contribution in [3.8, 4) is 22.6 Å². The Morgan fingerprint density at radius 2 is 1.97 bits per heavy atom. The lowest BCUT2D eigenvalue weighted by Crippen LogP contribution is -2.10. The third kappa shape index (κ3) is 5.12. The third-order valence-corrected chi connectivity index (χ3v) is 5.24. The molecule has 3 aromatic heterocycles. The monoisotopic (exact) mass is 438 g/mol. The van der Waals surface area contributed by atoms with Gasteiger partial charge in [0.05, 0.1) is 23.1 Å². The number of aromatic nitrogens is 5. The number of hydrogen-bond donors (Lipinski definition) is 3. The molecule has 4 aromatic rings. The Hall–Kier alpha value is -3.93. The summed E-state index contributed by atoms with van der Waals surface area (Å²) in [6, 6.07) is 8.32. The zero-order chi connectivity index (χ0) is 23.6. The van der Waals surface area contributed by atoms with Crippen molar-refractivity contribution < 1.29 is 0 Å². The van der Waals surface area contributed by atoms with Crippen molar-refractivity contribution in [1.82, 2.24) is 25.1 Å². The van der Waals surface area contributed by atoms with Gasteiger partial charge in [-0.25, -0.2) is 4.98 Å². The van der Waals surface area contributed by atoms with Crippen molar-refractivity contribution in [3.05, 3.63) is 79.1 Å². The molecule has 3 N–H and O–H groups in total. The second-order valence-corrected chi connectivity index (χ2v) is 9.45. The van der Waals surface area contributed by atoms with Crippen LogP contribution >= 0.6 is 0 Å². The summed E-state index contributed by atoms with van der Waals surface area (Å²) in [5.41, 5.74) is 7.73. The standard InChI is InChI=1S/C27H30N6/c1-7-8-9-23-18(3)30-26(31-23)25-22-13-19(10-11-24(22)32-33-25)20-12-21(16-28-15-20)29-17(2)14-27(4,5)6/h7-13,15-16,29H,1-2,14H2,3-6H3,(H,30,31)(H,32,33)/b9-8-. The Morgan fingerprint density at radius 1 is 1.15 bits per heavy atom. The fourth-order valence-electron chi connectivity index (χ4n) is 3.84. The van der Waals surface area contributed by atoms with Gasteiger partial charge in [-0.2, -0.15) is 5.10 Å². The van der Waals surface area contributed by atoms with Crippen LogP contribution in [0.25, 0.3) is 39.6 Å². The van der Waals surface area contributed by atoms with Crippen molar-refractivity contribution in [3.63, 3.8) is 0 Å². The molecule has 0 spiro atoms. The summed E-state index contributed by atoms with van der Waals surface area (Å²) in [5, 5.41) is 12.0. The van der Waals surface area contributed by atoms with Gasteiger partial charge in [0, 0.05) is 28.5 Å². The van der Waals surface area contributed by atoms with Crippen LogP contribution in [-0.2, 0) is 0 Å². The predicted molar refractivity (Wildman–Crippen MR) is 138 cm³/mol. The maximum atomic E-state index is 4.71. The molecule has 0 saturated heterocycles. The number of rotatable bonds is 7. The molecule has 0 saturated carbocycles. The minimum Gasteiger partial charge on any atom is -0.358 e. The number of allylic oxidation sites excluding steroid dienone is 3. The van der Waals surface area contributed by atoms with Gasteiger partial charge in [-0.1, -0.05) is 52.1 Å². The van der Waals surface area contributed by atoms with E-state index in [0.717, 1.165) is 62.7 Å². The van der Waals surface area contributed by atoms with E-state index in [1.807, 2.05) is 37.5 Å². The summed E-state index contributed by atoms with van der Waals surface area (Å²) in [7, 11) is 0. The van der Waals surface area contributed by atoms with Crippen molar-refractivity contribution >= 4 is 22.7 Å². The number of imidazole rings is 1. The normalized spacial score (nSPS) is 11.9. The number of hydrogen-bond acceptors (Lipinski definition) is 4. The number of anilines is 1. The van der Waals surface area contributed by atoms with Crippen LogP contribution in [0.2, 0.25) is 0 Å². The SMILES string of the molecule is C=C/C=C\c1nc(-c2n[nH]c3ccc(-c4cncc(NC(=C)CC(C)(C)C)c4)cc23)[nH]c1C. The van der Waals surface area contributed by atoms with E-state index in [1.165, 1.54) is 0 Å². The molecule has 0 unspecified atom stereocenters. The summed E-state index contributed by atoms with van der Waals surface area (Å²) in [5.74, 6) is 0.728. The number of benzene rings is 1. The number of aromatic amines is 2. The van der Waals surface area contributed by atoms with E-state index < -0.39 is 0 Å². The van der Waals surface area contributed by atoms with Gasteiger partial charge in [-0.05, 0) is 48.6 Å². The highest BCUT2D eigenvalue weighted by Crippen LogP contribution is 2.31. The van der Waals surface area contributed by atoms with Crippen LogP contribution in [0.1, 0.15) is 38.6 Å². The number of nitrogens with one attached hydrogen (secondary N) is 3. The summed E-state index contributed by atoms with van der Waals surface area (Å²) >= 11 is 0. The molecule has 0 aliphatic heterocycles. The molecule has 168 valence electrons. The molecular weight excluding hydrogens is 408 g/mol. The van der Waals surface area contributed by atoms with Crippen LogP contribution in [0.15, 0.2) is 67.7 Å². The smallest absolute Gasteiger partial charge is 0.159 e. The third-order valence-electron chi connectivity index (χ3n) is 5.24. The largest absolute Gasteiger partial charge is 0.358 e. The molecule has 0 aliphatic carbocycles. The highest BCUT2D eigenvalue weighted by atomic mass is 15.1. The molecule has 0 atom stereocenters. The highest BCUT2D eigenvalue weighted by Gasteiger charge is 2.15. The molecule has 0 radical (unpaired) electrons. The van der Waals surface area contributed by atoms with E-state index in [0.29, 0.717) is 0 Å². The predicted octanol–water partition coefficient (Wildman–Crippen LogP) is 6.88.